The third kappa shape index (κ3) is 8.40. The zero-order chi connectivity index (χ0) is 31.9. The number of hydrogen-bond acceptors (Lipinski definition) is 4. The van der Waals surface area contributed by atoms with Gasteiger partial charge in [0, 0.05) is 12.6 Å². The molecule has 7 nitrogen and oxygen atoms in total. The van der Waals surface area contributed by atoms with Crippen molar-refractivity contribution in [3.05, 3.63) is 95.6 Å². The zero-order valence-electron chi connectivity index (χ0n) is 24.9. The average molecular weight is 630 g/mol. The van der Waals surface area contributed by atoms with Crippen LogP contribution in [0.3, 0.4) is 0 Å². The maximum absolute atomic E-state index is 14.0. The van der Waals surface area contributed by atoms with Crippen molar-refractivity contribution in [1.29, 1.82) is 0 Å². The predicted molar refractivity (Wildman–Crippen MR) is 163 cm³/mol. The Morgan fingerprint density at radius 1 is 0.932 bits per heavy atom. The van der Waals surface area contributed by atoms with E-state index in [0.717, 1.165) is 55.4 Å². The van der Waals surface area contributed by atoms with Crippen LogP contribution in [0.5, 0.6) is 0 Å². The van der Waals surface area contributed by atoms with Crippen molar-refractivity contribution in [2.45, 2.75) is 75.5 Å². The second-order valence-electron chi connectivity index (χ2n) is 11.2. The second kappa shape index (κ2) is 14.3. The third-order valence-corrected chi connectivity index (χ3v) is 9.74. The van der Waals surface area contributed by atoms with Crippen LogP contribution in [0.1, 0.15) is 55.7 Å². The Balaban J connectivity index is 1.68. The van der Waals surface area contributed by atoms with Crippen molar-refractivity contribution in [1.82, 2.24) is 10.2 Å². The van der Waals surface area contributed by atoms with E-state index >= 15 is 0 Å². The molecule has 3 aromatic carbocycles. The van der Waals surface area contributed by atoms with Gasteiger partial charge >= 0.3 is 6.18 Å². The molecular weight excluding hydrogens is 591 g/mol. The Morgan fingerprint density at radius 3 is 2.23 bits per heavy atom. The Kier molecular flexibility index (Phi) is 10.7. The fraction of sp³-hybridized carbons (Fsp3) is 0.394. The van der Waals surface area contributed by atoms with Crippen LogP contribution in [0.4, 0.5) is 18.9 Å². The third-order valence-electron chi connectivity index (χ3n) is 7.95. The summed E-state index contributed by atoms with van der Waals surface area (Å²) in [4.78, 5) is 28.5. The van der Waals surface area contributed by atoms with Crippen LogP contribution in [0, 0.1) is 6.92 Å². The summed E-state index contributed by atoms with van der Waals surface area (Å²) < 4.78 is 69.4. The number of alkyl halides is 3. The van der Waals surface area contributed by atoms with Gasteiger partial charge in [0.25, 0.3) is 10.0 Å². The molecule has 0 unspecified atom stereocenters. The van der Waals surface area contributed by atoms with Gasteiger partial charge in [-0.05, 0) is 69.0 Å². The van der Waals surface area contributed by atoms with E-state index in [1.54, 1.807) is 26.0 Å². The number of sulfonamides is 1. The van der Waals surface area contributed by atoms with E-state index in [1.165, 1.54) is 23.1 Å². The van der Waals surface area contributed by atoms with E-state index in [2.05, 4.69) is 5.32 Å². The van der Waals surface area contributed by atoms with Crippen LogP contribution < -0.4 is 9.62 Å². The topological polar surface area (TPSA) is 86.8 Å². The van der Waals surface area contributed by atoms with Crippen molar-refractivity contribution in [2.24, 2.45) is 0 Å². The molecular formula is C33H38F3N3O4S. The summed E-state index contributed by atoms with van der Waals surface area (Å²) in [7, 11) is -4.48. The summed E-state index contributed by atoms with van der Waals surface area (Å²) in [5, 5.41) is 3.03. The van der Waals surface area contributed by atoms with Gasteiger partial charge in [-0.2, -0.15) is 13.2 Å². The van der Waals surface area contributed by atoms with Crippen LogP contribution in [-0.2, 0) is 32.2 Å². The minimum atomic E-state index is -4.73. The molecule has 0 saturated heterocycles. The molecule has 0 radical (unpaired) electrons. The summed E-state index contributed by atoms with van der Waals surface area (Å²) in [5.41, 5.74) is 0.339. The van der Waals surface area contributed by atoms with Crippen molar-refractivity contribution in [3.63, 3.8) is 0 Å². The van der Waals surface area contributed by atoms with E-state index in [0.29, 0.717) is 16.8 Å². The average Bonchev–Trinajstić information content (AvgIpc) is 3.00. The molecule has 0 aromatic heterocycles. The fourth-order valence-corrected chi connectivity index (χ4v) is 6.75. The van der Waals surface area contributed by atoms with Gasteiger partial charge in [-0.15, -0.1) is 0 Å². The highest BCUT2D eigenvalue weighted by Crippen LogP contribution is 2.33. The molecule has 1 aliphatic rings. The summed E-state index contributed by atoms with van der Waals surface area (Å²) in [6.07, 6.45) is 0.444. The molecule has 11 heteroatoms. The minimum Gasteiger partial charge on any atom is -0.352 e. The summed E-state index contributed by atoms with van der Waals surface area (Å²) in [5.74, 6) is -1.06. The first kappa shape index (κ1) is 33.0. The standard InChI is InChI=1S/C33H38F3N3O4S/c1-24-16-18-30(19-17-24)44(42,43)39(29-15-9-12-27(22-29)33(34,35)36)23-31(40)38(21-20-26-10-5-3-6-11-26)25(2)32(41)37-28-13-7-4-8-14-28/h3,5-6,9-12,15-19,22,25,28H,4,7-8,13-14,20-21,23H2,1-2H3,(H,37,41)/t25-/m1/s1. The summed E-state index contributed by atoms with van der Waals surface area (Å²) >= 11 is 0. The van der Waals surface area contributed by atoms with Gasteiger partial charge < -0.3 is 10.2 Å². The predicted octanol–water partition coefficient (Wildman–Crippen LogP) is 6.12. The normalized spacial score (nSPS) is 14.9. The number of carbonyl (C=O) groups excluding carboxylic acids is 2. The van der Waals surface area contributed by atoms with E-state index < -0.39 is 40.3 Å². The first-order valence-corrected chi connectivity index (χ1v) is 16.2. The van der Waals surface area contributed by atoms with E-state index in [4.69, 9.17) is 0 Å². The SMILES string of the molecule is Cc1ccc(S(=O)(=O)N(CC(=O)N(CCc2ccccc2)[C@H](C)C(=O)NC2CCCCC2)c2cccc(C(F)(F)F)c2)cc1. The molecule has 2 amide bonds. The Morgan fingerprint density at radius 2 is 1.59 bits per heavy atom. The first-order chi connectivity index (χ1) is 20.9. The molecule has 3 aromatic rings. The molecule has 0 aliphatic heterocycles. The van der Waals surface area contributed by atoms with Crippen LogP contribution in [-0.4, -0.2) is 50.3 Å². The number of nitrogens with one attached hydrogen (secondary N) is 1. The van der Waals surface area contributed by atoms with Gasteiger partial charge in [0.05, 0.1) is 16.1 Å². The van der Waals surface area contributed by atoms with Crippen molar-refractivity contribution >= 4 is 27.5 Å². The van der Waals surface area contributed by atoms with Crippen LogP contribution in [0.15, 0.2) is 83.8 Å². The van der Waals surface area contributed by atoms with Gasteiger partial charge in [0.2, 0.25) is 11.8 Å². The number of carbonyl (C=O) groups is 2. The van der Waals surface area contributed by atoms with E-state index in [9.17, 15) is 31.2 Å². The summed E-state index contributed by atoms with van der Waals surface area (Å²) in [6, 6.07) is 18.1. The molecule has 1 aliphatic carbocycles. The lowest BCUT2D eigenvalue weighted by Gasteiger charge is -2.33. The maximum atomic E-state index is 14.0. The number of benzene rings is 3. The summed E-state index contributed by atoms with van der Waals surface area (Å²) in [6.45, 7) is 2.66. The van der Waals surface area contributed by atoms with Crippen molar-refractivity contribution in [2.75, 3.05) is 17.4 Å². The number of halogens is 3. The minimum absolute atomic E-state index is 0.00621. The van der Waals surface area contributed by atoms with Crippen LogP contribution in [0.25, 0.3) is 0 Å². The molecule has 0 heterocycles. The van der Waals surface area contributed by atoms with Gasteiger partial charge in [0.1, 0.15) is 12.6 Å². The van der Waals surface area contributed by atoms with Gasteiger partial charge in [-0.1, -0.05) is 73.4 Å². The molecule has 0 bridgehead atoms. The lowest BCUT2D eigenvalue weighted by molar-refractivity contribution is -0.139. The van der Waals surface area contributed by atoms with Crippen molar-refractivity contribution in [3.8, 4) is 0 Å². The monoisotopic (exact) mass is 629 g/mol. The molecule has 4 rings (SSSR count). The van der Waals surface area contributed by atoms with Gasteiger partial charge in [0.15, 0.2) is 0 Å². The Bertz CT molecular complexity index is 1520. The number of anilines is 1. The van der Waals surface area contributed by atoms with E-state index in [1.807, 2.05) is 30.3 Å². The number of amides is 2. The molecule has 1 N–H and O–H groups in total. The number of nitrogens with zero attached hydrogens (tertiary/aromatic N) is 2. The molecule has 1 fully saturated rings. The number of aryl methyl sites for hydroxylation is 1. The highest BCUT2D eigenvalue weighted by Gasteiger charge is 2.35. The number of rotatable bonds is 11. The largest absolute Gasteiger partial charge is 0.416 e. The number of hydrogen-bond donors (Lipinski definition) is 1. The Hall–Kier alpha value is -3.86. The molecule has 1 atom stereocenters. The van der Waals surface area contributed by atoms with Crippen molar-refractivity contribution < 1.29 is 31.2 Å². The lowest BCUT2D eigenvalue weighted by Crippen LogP contribution is -2.53. The quantitative estimate of drug-likeness (QED) is 0.277. The highest BCUT2D eigenvalue weighted by atomic mass is 32.2. The molecule has 236 valence electrons. The zero-order valence-corrected chi connectivity index (χ0v) is 25.7. The first-order valence-electron chi connectivity index (χ1n) is 14.8. The van der Waals surface area contributed by atoms with Gasteiger partial charge in [-0.3, -0.25) is 13.9 Å². The second-order valence-corrected chi connectivity index (χ2v) is 13.1. The highest BCUT2D eigenvalue weighted by molar-refractivity contribution is 7.92. The van der Waals surface area contributed by atoms with E-state index in [-0.39, 0.29) is 29.1 Å². The molecule has 44 heavy (non-hydrogen) atoms. The smallest absolute Gasteiger partial charge is 0.352 e. The van der Waals surface area contributed by atoms with Gasteiger partial charge in [-0.25, -0.2) is 8.42 Å². The lowest BCUT2D eigenvalue weighted by atomic mass is 9.95. The maximum Gasteiger partial charge on any atom is 0.416 e. The molecule has 0 spiro atoms. The Labute approximate surface area is 257 Å². The fourth-order valence-electron chi connectivity index (χ4n) is 5.34. The molecule has 1 saturated carbocycles. The van der Waals surface area contributed by atoms with Crippen LogP contribution >= 0.6 is 0 Å². The van der Waals surface area contributed by atoms with Crippen LogP contribution in [0.2, 0.25) is 0 Å².